The molecule has 0 atom stereocenters. The molecule has 0 saturated carbocycles. The van der Waals surface area contributed by atoms with Crippen LogP contribution < -0.4 is 9.47 Å². The number of hydrogen-bond acceptors (Lipinski definition) is 5. The highest BCUT2D eigenvalue weighted by atomic mass is 16.6. The van der Waals surface area contributed by atoms with Gasteiger partial charge in [-0.1, -0.05) is 25.1 Å². The molecular weight excluding hydrogens is 322 g/mol. The molecule has 0 fully saturated rings. The molecule has 2 rings (SSSR count). The van der Waals surface area contributed by atoms with Crippen molar-refractivity contribution in [3.8, 4) is 11.5 Å². The lowest BCUT2D eigenvalue weighted by molar-refractivity contribution is -0.385. The summed E-state index contributed by atoms with van der Waals surface area (Å²) in [7, 11) is 3.02. The zero-order valence-electron chi connectivity index (χ0n) is 14.3. The quantitative estimate of drug-likeness (QED) is 0.328. The maximum absolute atomic E-state index is 12.3. The third-order valence-electron chi connectivity index (χ3n) is 3.78. The monoisotopic (exact) mass is 341 g/mol. The lowest BCUT2D eigenvalue weighted by Gasteiger charge is -2.08. The summed E-state index contributed by atoms with van der Waals surface area (Å²) in [4.78, 5) is 23.0. The predicted octanol–water partition coefficient (Wildman–Crippen LogP) is 4.07. The van der Waals surface area contributed by atoms with Crippen LogP contribution in [0.2, 0.25) is 0 Å². The number of carbonyl (C=O) groups is 1. The van der Waals surface area contributed by atoms with Gasteiger partial charge in [-0.2, -0.15) is 0 Å². The summed E-state index contributed by atoms with van der Waals surface area (Å²) in [6, 6.07) is 9.81. The van der Waals surface area contributed by atoms with Crippen LogP contribution in [0.4, 0.5) is 5.69 Å². The Morgan fingerprint density at radius 1 is 1.12 bits per heavy atom. The molecular formula is C19H19NO5. The highest BCUT2D eigenvalue weighted by Gasteiger charge is 2.12. The van der Waals surface area contributed by atoms with E-state index in [0.29, 0.717) is 34.6 Å². The van der Waals surface area contributed by atoms with E-state index < -0.39 is 4.92 Å². The summed E-state index contributed by atoms with van der Waals surface area (Å²) < 4.78 is 10.3. The topological polar surface area (TPSA) is 78.7 Å². The first-order valence-corrected chi connectivity index (χ1v) is 7.72. The van der Waals surface area contributed by atoms with Crippen molar-refractivity contribution in [2.75, 3.05) is 14.2 Å². The first kappa shape index (κ1) is 18.2. The Labute approximate surface area is 145 Å². The van der Waals surface area contributed by atoms with Gasteiger partial charge in [0.2, 0.25) is 0 Å². The van der Waals surface area contributed by atoms with Crippen molar-refractivity contribution in [2.24, 2.45) is 0 Å². The van der Waals surface area contributed by atoms with Crippen molar-refractivity contribution < 1.29 is 19.2 Å². The van der Waals surface area contributed by atoms with E-state index in [9.17, 15) is 14.9 Å². The number of nitrogens with zero attached hydrogens (tertiary/aromatic N) is 1. The van der Waals surface area contributed by atoms with Gasteiger partial charge in [0, 0.05) is 17.2 Å². The summed E-state index contributed by atoms with van der Waals surface area (Å²) >= 11 is 0. The van der Waals surface area contributed by atoms with Crippen molar-refractivity contribution in [1.82, 2.24) is 0 Å². The molecule has 0 unspecified atom stereocenters. The average Bonchev–Trinajstić information content (AvgIpc) is 2.65. The second-order valence-electron chi connectivity index (χ2n) is 5.27. The molecule has 0 amide bonds. The number of rotatable bonds is 7. The summed E-state index contributed by atoms with van der Waals surface area (Å²) in [5.74, 6) is 0.765. The molecule has 6 nitrogen and oxygen atoms in total. The lowest BCUT2D eigenvalue weighted by Crippen LogP contribution is -1.98. The Morgan fingerprint density at radius 2 is 1.84 bits per heavy atom. The van der Waals surface area contributed by atoms with Gasteiger partial charge in [0.1, 0.15) is 0 Å². The molecule has 6 heteroatoms. The van der Waals surface area contributed by atoms with Gasteiger partial charge < -0.3 is 9.47 Å². The van der Waals surface area contributed by atoms with Crippen LogP contribution in [-0.4, -0.2) is 24.9 Å². The number of aryl methyl sites for hydroxylation is 1. The van der Waals surface area contributed by atoms with E-state index in [1.807, 2.05) is 6.92 Å². The van der Waals surface area contributed by atoms with Gasteiger partial charge in [-0.25, -0.2) is 0 Å². The minimum atomic E-state index is -0.410. The zero-order chi connectivity index (χ0) is 18.4. The third-order valence-corrected chi connectivity index (χ3v) is 3.78. The minimum Gasteiger partial charge on any atom is -0.493 e. The number of benzene rings is 2. The van der Waals surface area contributed by atoms with Crippen LogP contribution in [0.15, 0.2) is 42.5 Å². The van der Waals surface area contributed by atoms with Crippen LogP contribution in [-0.2, 0) is 6.42 Å². The first-order chi connectivity index (χ1) is 12.0. The fourth-order valence-corrected chi connectivity index (χ4v) is 2.41. The smallest absolute Gasteiger partial charge is 0.273 e. The number of nitro benzene ring substituents is 1. The van der Waals surface area contributed by atoms with Gasteiger partial charge in [-0.05, 0) is 36.3 Å². The molecule has 0 radical (unpaired) electrons. The van der Waals surface area contributed by atoms with E-state index in [1.165, 1.54) is 26.4 Å². The fourth-order valence-electron chi connectivity index (χ4n) is 2.41. The molecule has 0 heterocycles. The highest BCUT2D eigenvalue weighted by Crippen LogP contribution is 2.28. The molecule has 0 spiro atoms. The highest BCUT2D eigenvalue weighted by molar-refractivity contribution is 6.07. The number of carbonyl (C=O) groups excluding carboxylic acids is 1. The maximum Gasteiger partial charge on any atom is 0.273 e. The fraction of sp³-hybridized carbons (Fsp3) is 0.211. The molecule has 130 valence electrons. The number of nitro groups is 1. The van der Waals surface area contributed by atoms with Crippen LogP contribution >= 0.6 is 0 Å². The summed E-state index contributed by atoms with van der Waals surface area (Å²) in [6.45, 7) is 1.86. The van der Waals surface area contributed by atoms with Crippen LogP contribution in [0.3, 0.4) is 0 Å². The first-order valence-electron chi connectivity index (χ1n) is 7.72. The largest absolute Gasteiger partial charge is 0.493 e. The Hall–Kier alpha value is -3.15. The zero-order valence-corrected chi connectivity index (χ0v) is 14.3. The van der Waals surface area contributed by atoms with Crippen LogP contribution in [0.25, 0.3) is 6.08 Å². The summed E-state index contributed by atoms with van der Waals surface area (Å²) in [5, 5.41) is 11.1. The molecule has 0 aromatic heterocycles. The van der Waals surface area contributed by atoms with E-state index >= 15 is 0 Å². The van der Waals surface area contributed by atoms with Crippen LogP contribution in [0, 0.1) is 10.1 Å². The molecule has 2 aromatic carbocycles. The number of hydrogen-bond donors (Lipinski definition) is 0. The Balaban J connectivity index is 2.26. The van der Waals surface area contributed by atoms with Gasteiger partial charge in [-0.15, -0.1) is 0 Å². The second-order valence-corrected chi connectivity index (χ2v) is 5.27. The average molecular weight is 341 g/mol. The summed E-state index contributed by atoms with van der Waals surface area (Å²) in [5.41, 5.74) is 1.75. The van der Waals surface area contributed by atoms with Crippen LogP contribution in [0.5, 0.6) is 11.5 Å². The van der Waals surface area contributed by atoms with Crippen molar-refractivity contribution in [1.29, 1.82) is 0 Å². The predicted molar refractivity (Wildman–Crippen MR) is 95.4 cm³/mol. The molecule has 0 aliphatic heterocycles. The number of methoxy groups -OCH3 is 2. The van der Waals surface area contributed by atoms with Crippen molar-refractivity contribution in [2.45, 2.75) is 13.3 Å². The van der Waals surface area contributed by atoms with E-state index in [2.05, 4.69) is 0 Å². The van der Waals surface area contributed by atoms with Gasteiger partial charge in [0.15, 0.2) is 17.3 Å². The van der Waals surface area contributed by atoms with Gasteiger partial charge in [0.25, 0.3) is 5.69 Å². The molecule has 2 aromatic rings. The minimum absolute atomic E-state index is 0.0585. The molecule has 25 heavy (non-hydrogen) atoms. The molecule has 0 aliphatic carbocycles. The molecule has 0 saturated heterocycles. The molecule has 0 bridgehead atoms. The Bertz CT molecular complexity index is 827. The molecule has 0 N–H and O–H groups in total. The lowest BCUT2D eigenvalue weighted by atomic mass is 10.0. The van der Waals surface area contributed by atoms with E-state index in [4.69, 9.17) is 9.47 Å². The second kappa shape index (κ2) is 8.10. The van der Waals surface area contributed by atoms with E-state index in [1.54, 1.807) is 36.4 Å². The van der Waals surface area contributed by atoms with Gasteiger partial charge in [-0.3, -0.25) is 14.9 Å². The Kier molecular flexibility index (Phi) is 5.89. The number of allylic oxidation sites excluding steroid dienone is 1. The number of ether oxygens (including phenoxy) is 2. The Morgan fingerprint density at radius 3 is 2.44 bits per heavy atom. The summed E-state index contributed by atoms with van der Waals surface area (Å²) in [6.07, 6.45) is 3.52. The normalized spacial score (nSPS) is 10.7. The molecule has 0 aliphatic rings. The van der Waals surface area contributed by atoms with Crippen molar-refractivity contribution in [3.63, 3.8) is 0 Å². The SMILES string of the molecule is CCc1ccc(/C=C/C(=O)c2ccc(OC)c(OC)c2)cc1[N+](=O)[O-]. The third kappa shape index (κ3) is 4.23. The van der Waals surface area contributed by atoms with Crippen molar-refractivity contribution >= 4 is 17.5 Å². The van der Waals surface area contributed by atoms with Crippen LogP contribution in [0.1, 0.15) is 28.4 Å². The van der Waals surface area contributed by atoms with Crippen molar-refractivity contribution in [3.05, 3.63) is 69.3 Å². The number of ketones is 1. The van der Waals surface area contributed by atoms with Gasteiger partial charge in [0.05, 0.1) is 19.1 Å². The van der Waals surface area contributed by atoms with E-state index in [0.717, 1.165) is 0 Å². The standard InChI is InChI=1S/C19H19NO5/c1-4-14-7-5-13(11-16(14)20(22)23)6-9-17(21)15-8-10-18(24-2)19(12-15)25-3/h5-12H,4H2,1-3H3/b9-6+. The maximum atomic E-state index is 12.3. The van der Waals surface area contributed by atoms with Gasteiger partial charge >= 0.3 is 0 Å². The van der Waals surface area contributed by atoms with E-state index in [-0.39, 0.29) is 11.5 Å².